The molecule has 0 aromatic heterocycles. The zero-order valence-electron chi connectivity index (χ0n) is 10.9. The molecule has 1 N–H and O–H groups in total. The zero-order valence-corrected chi connectivity index (χ0v) is 10.9. The van der Waals surface area contributed by atoms with Gasteiger partial charge in [-0.05, 0) is 68.2 Å². The Balaban J connectivity index is 1.52. The molecule has 1 nitrogen and oxygen atoms in total. The monoisotopic (exact) mass is 221 g/mol. The number of fused-ring (bicyclic) bond motifs is 5. The largest absolute Gasteiger partial charge is 0.314 e. The van der Waals surface area contributed by atoms with Crippen molar-refractivity contribution in [2.45, 2.75) is 58.4 Å². The van der Waals surface area contributed by atoms with E-state index in [-0.39, 0.29) is 0 Å². The van der Waals surface area contributed by atoms with Crippen molar-refractivity contribution in [1.29, 1.82) is 0 Å². The minimum absolute atomic E-state index is 0.852. The maximum Gasteiger partial charge on any atom is 0.0101 e. The van der Waals surface area contributed by atoms with Crippen LogP contribution in [0.4, 0.5) is 0 Å². The number of hydrogen-bond donors (Lipinski definition) is 1. The molecule has 3 fully saturated rings. The topological polar surface area (TPSA) is 12.0 Å². The summed E-state index contributed by atoms with van der Waals surface area (Å²) in [6.07, 6.45) is 9.06. The highest BCUT2D eigenvalue weighted by Crippen LogP contribution is 2.58. The Hall–Kier alpha value is -0.0400. The Morgan fingerprint density at radius 2 is 1.88 bits per heavy atom. The highest BCUT2D eigenvalue weighted by atomic mass is 14.9. The highest BCUT2D eigenvalue weighted by molar-refractivity contribution is 5.05. The van der Waals surface area contributed by atoms with E-state index in [1.807, 2.05) is 0 Å². The SMILES string of the molecule is CC(C)CCNC1CC2CC1C1CCCC21. The van der Waals surface area contributed by atoms with E-state index in [4.69, 9.17) is 0 Å². The fourth-order valence-corrected chi connectivity index (χ4v) is 4.86. The van der Waals surface area contributed by atoms with Gasteiger partial charge in [-0.3, -0.25) is 0 Å². The lowest BCUT2D eigenvalue weighted by Crippen LogP contribution is -2.39. The molecule has 3 saturated carbocycles. The van der Waals surface area contributed by atoms with Crippen LogP contribution in [0.3, 0.4) is 0 Å². The molecular formula is C15H27N. The van der Waals surface area contributed by atoms with Crippen LogP contribution < -0.4 is 5.32 Å². The van der Waals surface area contributed by atoms with Gasteiger partial charge in [-0.25, -0.2) is 0 Å². The minimum Gasteiger partial charge on any atom is -0.314 e. The van der Waals surface area contributed by atoms with Gasteiger partial charge in [0.2, 0.25) is 0 Å². The zero-order chi connectivity index (χ0) is 11.1. The lowest BCUT2D eigenvalue weighted by atomic mass is 9.79. The smallest absolute Gasteiger partial charge is 0.0101 e. The van der Waals surface area contributed by atoms with Crippen molar-refractivity contribution in [3.8, 4) is 0 Å². The Morgan fingerprint density at radius 3 is 2.69 bits per heavy atom. The second-order valence-corrected chi connectivity index (χ2v) is 6.90. The third-order valence-corrected chi connectivity index (χ3v) is 5.56. The second kappa shape index (κ2) is 4.33. The Kier molecular flexibility index (Phi) is 2.99. The second-order valence-electron chi connectivity index (χ2n) is 6.90. The number of nitrogens with one attached hydrogen (secondary N) is 1. The molecule has 92 valence electrons. The molecule has 0 aromatic rings. The molecule has 0 spiro atoms. The Labute approximate surface area is 100 Å². The van der Waals surface area contributed by atoms with Crippen LogP contribution in [0.15, 0.2) is 0 Å². The van der Waals surface area contributed by atoms with Crippen molar-refractivity contribution in [2.75, 3.05) is 6.54 Å². The van der Waals surface area contributed by atoms with Crippen molar-refractivity contribution in [1.82, 2.24) is 5.32 Å². The molecule has 3 aliphatic carbocycles. The summed E-state index contributed by atoms with van der Waals surface area (Å²) < 4.78 is 0. The van der Waals surface area contributed by atoms with E-state index < -0.39 is 0 Å². The maximum absolute atomic E-state index is 3.86. The van der Waals surface area contributed by atoms with Crippen LogP contribution in [0.2, 0.25) is 0 Å². The minimum atomic E-state index is 0.852. The Morgan fingerprint density at radius 1 is 1.06 bits per heavy atom. The van der Waals surface area contributed by atoms with Gasteiger partial charge in [-0.2, -0.15) is 0 Å². The third kappa shape index (κ3) is 1.81. The van der Waals surface area contributed by atoms with Crippen LogP contribution in [0.1, 0.15) is 52.4 Å². The number of hydrogen-bond acceptors (Lipinski definition) is 1. The molecule has 1 heteroatoms. The standard InChI is InChI=1S/C15H27N/c1-10(2)6-7-16-15-9-11-8-14(15)13-5-3-4-12(11)13/h10-16H,3-9H2,1-2H3. The summed E-state index contributed by atoms with van der Waals surface area (Å²) in [5.41, 5.74) is 0. The first-order valence-electron chi connectivity index (χ1n) is 7.49. The summed E-state index contributed by atoms with van der Waals surface area (Å²) in [7, 11) is 0. The van der Waals surface area contributed by atoms with Crippen LogP contribution in [0.5, 0.6) is 0 Å². The lowest BCUT2D eigenvalue weighted by molar-refractivity contribution is 0.207. The highest BCUT2D eigenvalue weighted by Gasteiger charge is 2.53. The van der Waals surface area contributed by atoms with Crippen LogP contribution in [-0.4, -0.2) is 12.6 Å². The van der Waals surface area contributed by atoms with E-state index in [0.29, 0.717) is 0 Å². The van der Waals surface area contributed by atoms with Gasteiger partial charge in [0.1, 0.15) is 0 Å². The van der Waals surface area contributed by atoms with Crippen molar-refractivity contribution < 1.29 is 0 Å². The Bertz CT molecular complexity index is 248. The van der Waals surface area contributed by atoms with Gasteiger partial charge in [-0.15, -0.1) is 0 Å². The molecule has 5 unspecified atom stereocenters. The van der Waals surface area contributed by atoms with E-state index in [0.717, 1.165) is 35.6 Å². The van der Waals surface area contributed by atoms with Crippen molar-refractivity contribution in [2.24, 2.45) is 29.6 Å². The van der Waals surface area contributed by atoms with Gasteiger partial charge < -0.3 is 5.32 Å². The fraction of sp³-hybridized carbons (Fsp3) is 1.00. The van der Waals surface area contributed by atoms with E-state index in [1.54, 1.807) is 19.3 Å². The molecule has 3 aliphatic rings. The van der Waals surface area contributed by atoms with Crippen molar-refractivity contribution in [3.63, 3.8) is 0 Å². The van der Waals surface area contributed by atoms with Gasteiger partial charge in [0.25, 0.3) is 0 Å². The van der Waals surface area contributed by atoms with Gasteiger partial charge in [-0.1, -0.05) is 20.3 Å². The maximum atomic E-state index is 3.86. The lowest BCUT2D eigenvalue weighted by Gasteiger charge is -2.32. The molecule has 0 heterocycles. The first-order chi connectivity index (χ1) is 7.75. The molecule has 5 atom stereocenters. The average molecular weight is 221 g/mol. The van der Waals surface area contributed by atoms with Gasteiger partial charge >= 0.3 is 0 Å². The van der Waals surface area contributed by atoms with E-state index >= 15 is 0 Å². The molecule has 16 heavy (non-hydrogen) atoms. The predicted octanol–water partition coefficient (Wildman–Crippen LogP) is 3.45. The van der Waals surface area contributed by atoms with Gasteiger partial charge in [0, 0.05) is 6.04 Å². The first kappa shape index (κ1) is 11.1. The molecule has 3 rings (SSSR count). The normalized spacial score (nSPS) is 45.6. The average Bonchev–Trinajstić information content (AvgIpc) is 2.87. The van der Waals surface area contributed by atoms with Crippen LogP contribution in [0.25, 0.3) is 0 Å². The van der Waals surface area contributed by atoms with E-state index in [2.05, 4.69) is 19.2 Å². The molecule has 0 saturated heterocycles. The van der Waals surface area contributed by atoms with Crippen LogP contribution in [0, 0.1) is 29.6 Å². The van der Waals surface area contributed by atoms with Crippen molar-refractivity contribution in [3.05, 3.63) is 0 Å². The van der Waals surface area contributed by atoms with Crippen LogP contribution in [-0.2, 0) is 0 Å². The molecule has 0 radical (unpaired) electrons. The molecule has 2 bridgehead atoms. The molecule has 0 amide bonds. The van der Waals surface area contributed by atoms with E-state index in [1.165, 1.54) is 25.8 Å². The molecule has 0 aliphatic heterocycles. The van der Waals surface area contributed by atoms with Crippen molar-refractivity contribution >= 4 is 0 Å². The third-order valence-electron chi connectivity index (χ3n) is 5.56. The van der Waals surface area contributed by atoms with E-state index in [9.17, 15) is 0 Å². The summed E-state index contributed by atoms with van der Waals surface area (Å²) in [5, 5.41) is 3.86. The summed E-state index contributed by atoms with van der Waals surface area (Å²) in [5.74, 6) is 5.28. The first-order valence-corrected chi connectivity index (χ1v) is 7.49. The number of rotatable bonds is 4. The quantitative estimate of drug-likeness (QED) is 0.767. The van der Waals surface area contributed by atoms with Gasteiger partial charge in [0.05, 0.1) is 0 Å². The van der Waals surface area contributed by atoms with Gasteiger partial charge in [0.15, 0.2) is 0 Å². The summed E-state index contributed by atoms with van der Waals surface area (Å²) >= 11 is 0. The van der Waals surface area contributed by atoms with Crippen LogP contribution >= 0.6 is 0 Å². The fourth-order valence-electron chi connectivity index (χ4n) is 4.86. The molecular weight excluding hydrogens is 194 g/mol. The summed E-state index contributed by atoms with van der Waals surface area (Å²) in [4.78, 5) is 0. The summed E-state index contributed by atoms with van der Waals surface area (Å²) in [6, 6.07) is 0.892. The summed E-state index contributed by atoms with van der Waals surface area (Å²) in [6.45, 7) is 5.91. The molecule has 0 aromatic carbocycles. The predicted molar refractivity (Wildman–Crippen MR) is 68.3 cm³/mol.